The Morgan fingerprint density at radius 3 is 2.57 bits per heavy atom. The van der Waals surface area contributed by atoms with Crippen molar-refractivity contribution in [2.45, 2.75) is 32.9 Å². The quantitative estimate of drug-likeness (QED) is 0.691. The fraction of sp³-hybridized carbons (Fsp3) is 0.900. The number of nitrogens with zero attached hydrogens (tertiary/aromatic N) is 1. The molecule has 0 bridgehead atoms. The van der Waals surface area contributed by atoms with Gasteiger partial charge in [-0.15, -0.1) is 0 Å². The lowest BCUT2D eigenvalue weighted by molar-refractivity contribution is -0.140. The Hall–Kier alpha value is -0.610. The minimum absolute atomic E-state index is 0.0920. The normalized spacial score (nSPS) is 16.9. The third-order valence-electron chi connectivity index (χ3n) is 2.47. The van der Waals surface area contributed by atoms with Crippen molar-refractivity contribution < 1.29 is 9.53 Å². The molecule has 1 rings (SSSR count). The predicted octanol–water partition coefficient (Wildman–Crippen LogP) is 0.232. The Labute approximate surface area is 85.6 Å². The van der Waals surface area contributed by atoms with Crippen molar-refractivity contribution in [1.82, 2.24) is 10.2 Å². The van der Waals surface area contributed by atoms with Gasteiger partial charge in [0.25, 0.3) is 0 Å². The zero-order valence-electron chi connectivity index (χ0n) is 9.25. The van der Waals surface area contributed by atoms with Gasteiger partial charge in [0.15, 0.2) is 0 Å². The van der Waals surface area contributed by atoms with Crippen LogP contribution in [-0.2, 0) is 9.53 Å². The SMILES string of the molecule is CCN(C(=O)COC1CNC1)C(C)C. The van der Waals surface area contributed by atoms with E-state index in [9.17, 15) is 4.79 Å². The molecule has 0 aliphatic carbocycles. The van der Waals surface area contributed by atoms with Gasteiger partial charge in [0, 0.05) is 25.7 Å². The molecule has 1 amide bonds. The zero-order chi connectivity index (χ0) is 10.6. The van der Waals surface area contributed by atoms with Crippen molar-refractivity contribution >= 4 is 5.91 Å². The molecule has 1 saturated heterocycles. The summed E-state index contributed by atoms with van der Waals surface area (Å²) in [4.78, 5) is 13.5. The number of hydrogen-bond donors (Lipinski definition) is 1. The van der Waals surface area contributed by atoms with Crippen LogP contribution in [0.1, 0.15) is 20.8 Å². The molecule has 0 saturated carbocycles. The van der Waals surface area contributed by atoms with Crippen molar-refractivity contribution in [3.63, 3.8) is 0 Å². The third-order valence-corrected chi connectivity index (χ3v) is 2.47. The first-order chi connectivity index (χ1) is 6.65. The summed E-state index contributed by atoms with van der Waals surface area (Å²) in [6, 6.07) is 0.260. The van der Waals surface area contributed by atoms with Crippen LogP contribution >= 0.6 is 0 Å². The van der Waals surface area contributed by atoms with Gasteiger partial charge in [-0.1, -0.05) is 0 Å². The van der Waals surface area contributed by atoms with E-state index in [4.69, 9.17) is 4.74 Å². The van der Waals surface area contributed by atoms with E-state index in [0.717, 1.165) is 19.6 Å². The molecular formula is C10H20N2O2. The van der Waals surface area contributed by atoms with Gasteiger partial charge >= 0.3 is 0 Å². The van der Waals surface area contributed by atoms with Crippen LogP contribution in [0.25, 0.3) is 0 Å². The number of carbonyl (C=O) groups excluding carboxylic acids is 1. The highest BCUT2D eigenvalue weighted by Crippen LogP contribution is 2.02. The number of ether oxygens (including phenoxy) is 1. The Kier molecular flexibility index (Phi) is 4.35. The molecule has 1 aliphatic heterocycles. The maximum atomic E-state index is 11.6. The van der Waals surface area contributed by atoms with Crippen LogP contribution in [0.4, 0.5) is 0 Å². The van der Waals surface area contributed by atoms with Crippen molar-refractivity contribution in [1.29, 1.82) is 0 Å². The number of hydrogen-bond acceptors (Lipinski definition) is 3. The van der Waals surface area contributed by atoms with Gasteiger partial charge in [-0.2, -0.15) is 0 Å². The van der Waals surface area contributed by atoms with Crippen LogP contribution in [-0.4, -0.2) is 49.2 Å². The molecule has 0 aromatic carbocycles. The van der Waals surface area contributed by atoms with Crippen molar-refractivity contribution in [3.8, 4) is 0 Å². The summed E-state index contributed by atoms with van der Waals surface area (Å²) in [5.74, 6) is 0.0920. The van der Waals surface area contributed by atoms with E-state index in [1.165, 1.54) is 0 Å². The standard InChI is InChI=1S/C10H20N2O2/c1-4-12(8(2)3)10(13)7-14-9-5-11-6-9/h8-9,11H,4-7H2,1-3H3. The monoisotopic (exact) mass is 200 g/mol. The summed E-state index contributed by atoms with van der Waals surface area (Å²) in [7, 11) is 0. The maximum absolute atomic E-state index is 11.6. The Balaban J connectivity index is 2.24. The van der Waals surface area contributed by atoms with Crippen LogP contribution in [0.15, 0.2) is 0 Å². The first-order valence-corrected chi connectivity index (χ1v) is 5.27. The summed E-state index contributed by atoms with van der Waals surface area (Å²) in [6.45, 7) is 8.75. The Morgan fingerprint density at radius 1 is 1.57 bits per heavy atom. The number of nitrogens with one attached hydrogen (secondary N) is 1. The molecule has 82 valence electrons. The zero-order valence-corrected chi connectivity index (χ0v) is 9.25. The number of amides is 1. The molecule has 1 aliphatic rings. The fourth-order valence-corrected chi connectivity index (χ4v) is 1.48. The van der Waals surface area contributed by atoms with Crippen LogP contribution in [0, 0.1) is 0 Å². The number of likely N-dealkylation sites (N-methyl/N-ethyl adjacent to an activating group) is 1. The molecule has 4 nitrogen and oxygen atoms in total. The van der Waals surface area contributed by atoms with Crippen molar-refractivity contribution in [2.75, 3.05) is 26.2 Å². The van der Waals surface area contributed by atoms with Gasteiger partial charge in [0.1, 0.15) is 6.61 Å². The van der Waals surface area contributed by atoms with Crippen LogP contribution in [0.2, 0.25) is 0 Å². The smallest absolute Gasteiger partial charge is 0.248 e. The van der Waals surface area contributed by atoms with Gasteiger partial charge in [0.05, 0.1) is 6.10 Å². The molecule has 4 heteroatoms. The van der Waals surface area contributed by atoms with Crippen LogP contribution < -0.4 is 5.32 Å². The van der Waals surface area contributed by atoms with E-state index in [1.807, 2.05) is 25.7 Å². The van der Waals surface area contributed by atoms with E-state index in [2.05, 4.69) is 5.32 Å². The van der Waals surface area contributed by atoms with Crippen LogP contribution in [0.3, 0.4) is 0 Å². The molecule has 0 aromatic rings. The van der Waals surface area contributed by atoms with Gasteiger partial charge in [-0.05, 0) is 20.8 Å². The van der Waals surface area contributed by atoms with E-state index in [0.29, 0.717) is 0 Å². The topological polar surface area (TPSA) is 41.6 Å². The third kappa shape index (κ3) is 2.96. The lowest BCUT2D eigenvalue weighted by Gasteiger charge is -2.29. The van der Waals surface area contributed by atoms with E-state index in [-0.39, 0.29) is 24.7 Å². The van der Waals surface area contributed by atoms with Gasteiger partial charge < -0.3 is 15.0 Å². The van der Waals surface area contributed by atoms with Crippen molar-refractivity contribution in [3.05, 3.63) is 0 Å². The van der Waals surface area contributed by atoms with Crippen LogP contribution in [0.5, 0.6) is 0 Å². The summed E-state index contributed by atoms with van der Waals surface area (Å²) in [5, 5.41) is 3.10. The highest BCUT2D eigenvalue weighted by molar-refractivity contribution is 5.77. The number of carbonyl (C=O) groups is 1. The number of rotatable bonds is 5. The summed E-state index contributed by atoms with van der Waals surface area (Å²) >= 11 is 0. The fourth-order valence-electron chi connectivity index (χ4n) is 1.48. The van der Waals surface area contributed by atoms with E-state index < -0.39 is 0 Å². The second-order valence-electron chi connectivity index (χ2n) is 3.86. The highest BCUT2D eigenvalue weighted by atomic mass is 16.5. The highest BCUT2D eigenvalue weighted by Gasteiger charge is 2.21. The maximum Gasteiger partial charge on any atom is 0.248 e. The molecule has 14 heavy (non-hydrogen) atoms. The predicted molar refractivity (Wildman–Crippen MR) is 55.1 cm³/mol. The molecule has 0 unspecified atom stereocenters. The summed E-state index contributed by atoms with van der Waals surface area (Å²) in [6.07, 6.45) is 0.241. The molecule has 1 fully saturated rings. The molecular weight excluding hydrogens is 180 g/mol. The molecule has 0 spiro atoms. The van der Waals surface area contributed by atoms with E-state index >= 15 is 0 Å². The van der Waals surface area contributed by atoms with Gasteiger partial charge in [0.2, 0.25) is 5.91 Å². The van der Waals surface area contributed by atoms with Gasteiger partial charge in [-0.25, -0.2) is 0 Å². The minimum Gasteiger partial charge on any atom is -0.366 e. The first kappa shape index (κ1) is 11.5. The lowest BCUT2D eigenvalue weighted by Crippen LogP contribution is -2.50. The summed E-state index contributed by atoms with van der Waals surface area (Å²) in [5.41, 5.74) is 0. The average Bonchev–Trinajstić information content (AvgIpc) is 2.01. The minimum atomic E-state index is 0.0920. The lowest BCUT2D eigenvalue weighted by atomic mass is 10.2. The Morgan fingerprint density at radius 2 is 2.21 bits per heavy atom. The largest absolute Gasteiger partial charge is 0.366 e. The second-order valence-corrected chi connectivity index (χ2v) is 3.86. The first-order valence-electron chi connectivity index (χ1n) is 5.27. The summed E-state index contributed by atoms with van der Waals surface area (Å²) < 4.78 is 5.42. The Bertz CT molecular complexity index is 191. The average molecular weight is 200 g/mol. The van der Waals surface area contributed by atoms with Gasteiger partial charge in [-0.3, -0.25) is 4.79 Å². The molecule has 1 heterocycles. The second kappa shape index (κ2) is 5.32. The molecule has 1 N–H and O–H groups in total. The van der Waals surface area contributed by atoms with Crippen molar-refractivity contribution in [2.24, 2.45) is 0 Å². The molecule has 0 aromatic heterocycles. The molecule has 0 atom stereocenters. The van der Waals surface area contributed by atoms with E-state index in [1.54, 1.807) is 0 Å². The molecule has 0 radical (unpaired) electrons.